The molecule has 0 saturated heterocycles. The van der Waals surface area contributed by atoms with Gasteiger partial charge in [-0.05, 0) is 23.6 Å². The summed E-state index contributed by atoms with van der Waals surface area (Å²) >= 11 is 5.79. The minimum atomic E-state index is -0.935. The van der Waals surface area contributed by atoms with Crippen molar-refractivity contribution in [1.29, 1.82) is 0 Å². The van der Waals surface area contributed by atoms with Crippen molar-refractivity contribution in [2.24, 2.45) is 16.6 Å². The molecular formula is C14H16ClN3O2. The van der Waals surface area contributed by atoms with E-state index < -0.39 is 23.8 Å². The maximum atomic E-state index is 12.1. The lowest BCUT2D eigenvalue weighted by Crippen LogP contribution is -2.52. The molecule has 0 bridgehead atoms. The lowest BCUT2D eigenvalue weighted by atomic mass is 9.94. The number of carbonyl (C=O) groups is 2. The molecule has 106 valence electrons. The normalized spacial score (nSPS) is 20.6. The van der Waals surface area contributed by atoms with Crippen LogP contribution in [0.25, 0.3) is 0 Å². The van der Waals surface area contributed by atoms with Gasteiger partial charge in [0.05, 0.1) is 6.04 Å². The van der Waals surface area contributed by atoms with Crippen molar-refractivity contribution < 1.29 is 9.59 Å². The van der Waals surface area contributed by atoms with Crippen molar-refractivity contribution in [2.75, 3.05) is 0 Å². The van der Waals surface area contributed by atoms with Crippen molar-refractivity contribution in [1.82, 2.24) is 5.32 Å². The average molecular weight is 294 g/mol. The number of benzene rings is 1. The summed E-state index contributed by atoms with van der Waals surface area (Å²) in [7, 11) is 0. The van der Waals surface area contributed by atoms with Crippen LogP contribution in [0, 0.1) is 5.92 Å². The van der Waals surface area contributed by atoms with E-state index in [4.69, 9.17) is 17.3 Å². The fourth-order valence-corrected chi connectivity index (χ4v) is 2.07. The number of halogens is 1. The van der Waals surface area contributed by atoms with Crippen LogP contribution in [0.1, 0.15) is 25.3 Å². The van der Waals surface area contributed by atoms with E-state index in [1.54, 1.807) is 24.3 Å². The van der Waals surface area contributed by atoms with Gasteiger partial charge >= 0.3 is 0 Å². The summed E-state index contributed by atoms with van der Waals surface area (Å²) in [5.74, 6) is -1.52. The van der Waals surface area contributed by atoms with Gasteiger partial charge < -0.3 is 11.1 Å². The monoisotopic (exact) mass is 293 g/mol. The molecule has 2 unspecified atom stereocenters. The number of nitrogens with one attached hydrogen (secondary N) is 1. The van der Waals surface area contributed by atoms with Crippen LogP contribution in [-0.4, -0.2) is 23.7 Å². The van der Waals surface area contributed by atoms with E-state index in [0.717, 1.165) is 0 Å². The number of aliphatic imine (C=N–C) groups is 1. The molecule has 0 radical (unpaired) electrons. The van der Waals surface area contributed by atoms with Gasteiger partial charge in [0.25, 0.3) is 5.91 Å². The minimum Gasteiger partial charge on any atom is -0.321 e. The topological polar surface area (TPSA) is 84.5 Å². The van der Waals surface area contributed by atoms with Gasteiger partial charge in [-0.2, -0.15) is 4.99 Å². The number of rotatable bonds is 3. The number of nitrogens with two attached hydrogens (primary N) is 1. The molecule has 5 nitrogen and oxygen atoms in total. The molecule has 1 heterocycles. The molecule has 1 aliphatic rings. The van der Waals surface area contributed by atoms with Gasteiger partial charge in [-0.15, -0.1) is 0 Å². The van der Waals surface area contributed by atoms with Crippen molar-refractivity contribution in [3.63, 3.8) is 0 Å². The predicted molar refractivity (Wildman–Crippen MR) is 77.6 cm³/mol. The van der Waals surface area contributed by atoms with Crippen LogP contribution in [0.15, 0.2) is 29.3 Å². The molecule has 1 aliphatic heterocycles. The smallest absolute Gasteiger partial charge is 0.264 e. The van der Waals surface area contributed by atoms with E-state index in [9.17, 15) is 9.59 Å². The summed E-state index contributed by atoms with van der Waals surface area (Å²) in [5.41, 5.74) is 6.47. The van der Waals surface area contributed by atoms with Crippen LogP contribution in [-0.2, 0) is 9.59 Å². The van der Waals surface area contributed by atoms with Gasteiger partial charge in [0.15, 0.2) is 0 Å². The molecule has 0 fully saturated rings. The van der Waals surface area contributed by atoms with E-state index in [1.165, 1.54) is 0 Å². The van der Waals surface area contributed by atoms with E-state index in [2.05, 4.69) is 10.3 Å². The highest BCUT2D eigenvalue weighted by Gasteiger charge is 2.35. The molecular weight excluding hydrogens is 278 g/mol. The largest absolute Gasteiger partial charge is 0.321 e. The molecule has 2 atom stereocenters. The molecule has 20 heavy (non-hydrogen) atoms. The molecule has 0 saturated carbocycles. The molecule has 2 amide bonds. The van der Waals surface area contributed by atoms with Crippen LogP contribution in [0.5, 0.6) is 0 Å². The Bertz CT molecular complexity index is 566. The molecule has 6 heteroatoms. The summed E-state index contributed by atoms with van der Waals surface area (Å²) in [6.45, 7) is 3.80. The first-order valence-corrected chi connectivity index (χ1v) is 6.72. The fourth-order valence-electron chi connectivity index (χ4n) is 1.94. The van der Waals surface area contributed by atoms with Gasteiger partial charge in [-0.1, -0.05) is 37.6 Å². The van der Waals surface area contributed by atoms with Gasteiger partial charge in [0, 0.05) is 5.02 Å². The molecule has 0 aromatic heterocycles. The number of amidine groups is 1. The second-order valence-corrected chi connectivity index (χ2v) is 5.52. The summed E-state index contributed by atoms with van der Waals surface area (Å²) in [4.78, 5) is 28.1. The molecule has 0 aliphatic carbocycles. The van der Waals surface area contributed by atoms with Crippen LogP contribution in [0.2, 0.25) is 5.02 Å². The highest BCUT2D eigenvalue weighted by atomic mass is 35.5. The van der Waals surface area contributed by atoms with Gasteiger partial charge in [0.2, 0.25) is 5.91 Å². The third kappa shape index (κ3) is 2.89. The van der Waals surface area contributed by atoms with E-state index in [1.807, 2.05) is 13.8 Å². The van der Waals surface area contributed by atoms with E-state index >= 15 is 0 Å². The Morgan fingerprint density at radius 1 is 1.25 bits per heavy atom. The van der Waals surface area contributed by atoms with E-state index in [-0.39, 0.29) is 11.8 Å². The molecule has 0 spiro atoms. The third-order valence-corrected chi connectivity index (χ3v) is 3.48. The van der Waals surface area contributed by atoms with Gasteiger partial charge in [-0.3, -0.25) is 9.59 Å². The van der Waals surface area contributed by atoms with Crippen LogP contribution >= 0.6 is 11.6 Å². The zero-order chi connectivity index (χ0) is 14.9. The highest BCUT2D eigenvalue weighted by molar-refractivity contribution is 6.30. The Balaban J connectivity index is 2.29. The van der Waals surface area contributed by atoms with Crippen LogP contribution < -0.4 is 11.1 Å². The minimum absolute atomic E-state index is 0.0777. The quantitative estimate of drug-likeness (QED) is 0.828. The first-order valence-electron chi connectivity index (χ1n) is 6.34. The van der Waals surface area contributed by atoms with Crippen molar-refractivity contribution >= 4 is 29.3 Å². The Hall–Kier alpha value is -1.72. The third-order valence-electron chi connectivity index (χ3n) is 3.23. The first kappa shape index (κ1) is 14.7. The Morgan fingerprint density at radius 3 is 2.35 bits per heavy atom. The first-order chi connectivity index (χ1) is 9.40. The highest BCUT2D eigenvalue weighted by Crippen LogP contribution is 2.22. The van der Waals surface area contributed by atoms with Crippen LogP contribution in [0.3, 0.4) is 0 Å². The summed E-state index contributed by atoms with van der Waals surface area (Å²) < 4.78 is 0. The number of carbonyl (C=O) groups excluding carboxylic acids is 2. The lowest BCUT2D eigenvalue weighted by molar-refractivity contribution is -0.129. The second kappa shape index (κ2) is 5.73. The second-order valence-electron chi connectivity index (χ2n) is 5.08. The van der Waals surface area contributed by atoms with Gasteiger partial charge in [0.1, 0.15) is 11.8 Å². The Kier molecular flexibility index (Phi) is 4.20. The number of hydrogen-bond donors (Lipinski definition) is 2. The maximum absolute atomic E-state index is 12.1. The molecule has 1 aromatic carbocycles. The standard InChI is InChI=1S/C14H16ClN3O2/c1-7(2)11(16)12-17-13(19)10(14(20)18-12)8-3-5-9(15)6-4-8/h3-7,10-11H,16H2,1-2H3,(H,17,18,19,20). The Labute approximate surface area is 122 Å². The average Bonchev–Trinajstić information content (AvgIpc) is 2.39. The number of nitrogens with zero attached hydrogens (tertiary/aromatic N) is 1. The van der Waals surface area contributed by atoms with Crippen LogP contribution in [0.4, 0.5) is 0 Å². The Morgan fingerprint density at radius 2 is 1.85 bits per heavy atom. The fraction of sp³-hybridized carbons (Fsp3) is 0.357. The lowest BCUT2D eigenvalue weighted by Gasteiger charge is -2.25. The summed E-state index contributed by atoms with van der Waals surface area (Å²) in [6.07, 6.45) is 0. The number of amides is 2. The predicted octanol–water partition coefficient (Wildman–Crippen LogP) is 1.46. The van der Waals surface area contributed by atoms with Crippen molar-refractivity contribution in [3.05, 3.63) is 34.9 Å². The van der Waals surface area contributed by atoms with E-state index in [0.29, 0.717) is 10.6 Å². The molecule has 3 N–H and O–H groups in total. The summed E-state index contributed by atoms with van der Waals surface area (Å²) in [6, 6.07) is 6.10. The SMILES string of the molecule is CC(C)C(N)C1=NC(=O)C(c2ccc(Cl)cc2)C(=O)N1. The molecule has 1 aromatic rings. The zero-order valence-electron chi connectivity index (χ0n) is 11.3. The zero-order valence-corrected chi connectivity index (χ0v) is 12.0. The molecule has 2 rings (SSSR count). The van der Waals surface area contributed by atoms with Crippen molar-refractivity contribution in [2.45, 2.75) is 25.8 Å². The van der Waals surface area contributed by atoms with Crippen molar-refractivity contribution in [3.8, 4) is 0 Å². The van der Waals surface area contributed by atoms with Gasteiger partial charge in [-0.25, -0.2) is 0 Å². The number of hydrogen-bond acceptors (Lipinski definition) is 3. The maximum Gasteiger partial charge on any atom is 0.264 e. The summed E-state index contributed by atoms with van der Waals surface area (Å²) in [5, 5.41) is 3.17.